The van der Waals surface area contributed by atoms with Crippen LogP contribution in [0.5, 0.6) is 0 Å². The lowest BCUT2D eigenvalue weighted by Crippen LogP contribution is -2.23. The van der Waals surface area contributed by atoms with Crippen LogP contribution in [0.25, 0.3) is 10.9 Å². The zero-order valence-electron chi connectivity index (χ0n) is 14.5. The van der Waals surface area contributed by atoms with Crippen LogP contribution in [-0.2, 0) is 13.0 Å². The van der Waals surface area contributed by atoms with E-state index in [1.54, 1.807) is 19.3 Å². The molecule has 124 valence electrons. The number of aromatic amines is 1. The Hall–Kier alpha value is -2.69. The summed E-state index contributed by atoms with van der Waals surface area (Å²) in [4.78, 5) is 23.9. The van der Waals surface area contributed by atoms with Crippen molar-refractivity contribution in [3.8, 4) is 0 Å². The predicted octanol–water partition coefficient (Wildman–Crippen LogP) is 3.38. The number of rotatable bonds is 4. The molecular weight excluding hydrogens is 300 g/mol. The monoisotopic (exact) mass is 322 g/mol. The van der Waals surface area contributed by atoms with E-state index >= 15 is 0 Å². The molecule has 2 N–H and O–H groups in total. The second-order valence-corrected chi connectivity index (χ2v) is 6.13. The lowest BCUT2D eigenvalue weighted by Gasteiger charge is -2.08. The summed E-state index contributed by atoms with van der Waals surface area (Å²) in [5.74, 6) is 0.490. The van der Waals surface area contributed by atoms with E-state index in [0.29, 0.717) is 17.9 Å². The van der Waals surface area contributed by atoms with Crippen LogP contribution >= 0.6 is 0 Å². The van der Waals surface area contributed by atoms with Gasteiger partial charge in [-0.05, 0) is 44.4 Å². The van der Waals surface area contributed by atoms with Gasteiger partial charge in [-0.15, -0.1) is 0 Å². The van der Waals surface area contributed by atoms with Crippen LogP contribution in [0.4, 0.5) is 0 Å². The number of aryl methyl sites for hydroxylation is 4. The van der Waals surface area contributed by atoms with E-state index in [2.05, 4.69) is 53.2 Å². The highest BCUT2D eigenvalue weighted by molar-refractivity contribution is 5.94. The third-order valence-electron chi connectivity index (χ3n) is 4.33. The van der Waals surface area contributed by atoms with Gasteiger partial charge in [-0.1, -0.05) is 18.6 Å². The molecule has 3 aromatic rings. The van der Waals surface area contributed by atoms with E-state index in [0.717, 1.165) is 17.5 Å². The molecule has 0 radical (unpaired) electrons. The highest BCUT2D eigenvalue weighted by Crippen LogP contribution is 2.26. The third kappa shape index (κ3) is 3.02. The SMILES string of the molecule is CCc1[nH]c2c(CNC(=O)c3cnc(C)nc3)cc(C)cc2c1C. The number of hydrogen-bond donors (Lipinski definition) is 2. The van der Waals surface area contributed by atoms with E-state index in [-0.39, 0.29) is 5.91 Å². The molecule has 5 heteroatoms. The van der Waals surface area contributed by atoms with Gasteiger partial charge in [-0.25, -0.2) is 9.97 Å². The van der Waals surface area contributed by atoms with E-state index in [1.165, 1.54) is 22.2 Å². The van der Waals surface area contributed by atoms with Gasteiger partial charge in [0.15, 0.2) is 0 Å². The molecule has 0 aliphatic heterocycles. The number of carbonyl (C=O) groups excluding carboxylic acids is 1. The number of carbonyl (C=O) groups is 1. The first kappa shape index (κ1) is 16.2. The molecule has 0 aliphatic rings. The van der Waals surface area contributed by atoms with Crippen LogP contribution in [0.15, 0.2) is 24.5 Å². The molecule has 0 aliphatic carbocycles. The van der Waals surface area contributed by atoms with Crippen LogP contribution in [0.1, 0.15) is 45.5 Å². The molecule has 2 aromatic heterocycles. The van der Waals surface area contributed by atoms with Gasteiger partial charge >= 0.3 is 0 Å². The lowest BCUT2D eigenvalue weighted by molar-refractivity contribution is 0.0950. The Labute approximate surface area is 141 Å². The Morgan fingerprint density at radius 1 is 1.17 bits per heavy atom. The van der Waals surface area contributed by atoms with Crippen molar-refractivity contribution in [3.63, 3.8) is 0 Å². The van der Waals surface area contributed by atoms with Gasteiger partial charge in [-0.3, -0.25) is 4.79 Å². The summed E-state index contributed by atoms with van der Waals surface area (Å²) in [6, 6.07) is 4.31. The van der Waals surface area contributed by atoms with Crippen LogP contribution in [0, 0.1) is 20.8 Å². The molecule has 0 unspecified atom stereocenters. The zero-order chi connectivity index (χ0) is 17.3. The predicted molar refractivity (Wildman–Crippen MR) is 95.1 cm³/mol. The number of H-pyrrole nitrogens is 1. The van der Waals surface area contributed by atoms with Crippen molar-refractivity contribution in [3.05, 3.63) is 58.3 Å². The number of fused-ring (bicyclic) bond motifs is 1. The summed E-state index contributed by atoms with van der Waals surface area (Å²) in [5, 5.41) is 4.19. The fraction of sp³-hybridized carbons (Fsp3) is 0.316. The number of nitrogens with one attached hydrogen (secondary N) is 2. The molecule has 2 heterocycles. The van der Waals surface area contributed by atoms with Crippen molar-refractivity contribution >= 4 is 16.8 Å². The molecule has 1 aromatic carbocycles. The van der Waals surface area contributed by atoms with Crippen molar-refractivity contribution in [1.82, 2.24) is 20.3 Å². The highest BCUT2D eigenvalue weighted by Gasteiger charge is 2.12. The molecule has 0 spiro atoms. The second-order valence-electron chi connectivity index (χ2n) is 6.13. The first-order chi connectivity index (χ1) is 11.5. The summed E-state index contributed by atoms with van der Waals surface area (Å²) < 4.78 is 0. The Bertz CT molecular complexity index is 894. The van der Waals surface area contributed by atoms with Crippen molar-refractivity contribution in [1.29, 1.82) is 0 Å². The Balaban J connectivity index is 1.87. The van der Waals surface area contributed by atoms with Gasteiger partial charge in [0.2, 0.25) is 0 Å². The average molecular weight is 322 g/mol. The van der Waals surface area contributed by atoms with Gasteiger partial charge in [0.05, 0.1) is 11.1 Å². The van der Waals surface area contributed by atoms with Gasteiger partial charge in [0, 0.05) is 30.0 Å². The van der Waals surface area contributed by atoms with Crippen molar-refractivity contribution in [2.45, 2.75) is 40.7 Å². The molecule has 0 bridgehead atoms. The Morgan fingerprint density at radius 2 is 1.88 bits per heavy atom. The van der Waals surface area contributed by atoms with E-state index in [4.69, 9.17) is 0 Å². The molecule has 3 rings (SSSR count). The van der Waals surface area contributed by atoms with Crippen LogP contribution in [-0.4, -0.2) is 20.9 Å². The van der Waals surface area contributed by atoms with Crippen molar-refractivity contribution in [2.24, 2.45) is 0 Å². The normalized spacial score (nSPS) is 11.0. The summed E-state index contributed by atoms with van der Waals surface area (Å²) >= 11 is 0. The summed E-state index contributed by atoms with van der Waals surface area (Å²) in [6.45, 7) is 8.63. The third-order valence-corrected chi connectivity index (χ3v) is 4.33. The fourth-order valence-corrected chi connectivity index (χ4v) is 2.99. The van der Waals surface area contributed by atoms with Gasteiger partial charge in [0.1, 0.15) is 5.82 Å². The Kier molecular flexibility index (Phi) is 4.34. The first-order valence-electron chi connectivity index (χ1n) is 8.17. The van der Waals surface area contributed by atoms with E-state index in [9.17, 15) is 4.79 Å². The van der Waals surface area contributed by atoms with Gasteiger partial charge in [-0.2, -0.15) is 0 Å². The lowest BCUT2D eigenvalue weighted by atomic mass is 10.0. The zero-order valence-corrected chi connectivity index (χ0v) is 14.5. The molecule has 0 saturated carbocycles. The molecule has 0 fully saturated rings. The molecular formula is C19H22N4O. The second kappa shape index (κ2) is 6.43. The number of benzene rings is 1. The highest BCUT2D eigenvalue weighted by atomic mass is 16.1. The standard InChI is InChI=1S/C19H22N4O/c1-5-17-12(3)16-7-11(2)6-14(18(16)23-17)8-22-19(24)15-9-20-13(4)21-10-15/h6-7,9-10,23H,5,8H2,1-4H3,(H,22,24). The molecule has 24 heavy (non-hydrogen) atoms. The van der Waals surface area contributed by atoms with Crippen molar-refractivity contribution in [2.75, 3.05) is 0 Å². The number of hydrogen-bond acceptors (Lipinski definition) is 3. The minimum Gasteiger partial charge on any atom is -0.358 e. The molecule has 1 amide bonds. The first-order valence-corrected chi connectivity index (χ1v) is 8.17. The quantitative estimate of drug-likeness (QED) is 0.773. The van der Waals surface area contributed by atoms with E-state index < -0.39 is 0 Å². The van der Waals surface area contributed by atoms with Crippen LogP contribution < -0.4 is 5.32 Å². The summed E-state index contributed by atoms with van der Waals surface area (Å²) in [6.07, 6.45) is 4.07. The number of amides is 1. The summed E-state index contributed by atoms with van der Waals surface area (Å²) in [5.41, 5.74) is 6.40. The number of nitrogens with zero attached hydrogens (tertiary/aromatic N) is 2. The summed E-state index contributed by atoms with van der Waals surface area (Å²) in [7, 11) is 0. The maximum absolute atomic E-state index is 12.3. The average Bonchev–Trinajstić information content (AvgIpc) is 2.89. The van der Waals surface area contributed by atoms with Gasteiger partial charge in [0.25, 0.3) is 5.91 Å². The smallest absolute Gasteiger partial charge is 0.254 e. The molecule has 5 nitrogen and oxygen atoms in total. The molecule has 0 atom stereocenters. The van der Waals surface area contributed by atoms with Gasteiger partial charge < -0.3 is 10.3 Å². The van der Waals surface area contributed by atoms with Crippen LogP contribution in [0.3, 0.4) is 0 Å². The van der Waals surface area contributed by atoms with Crippen molar-refractivity contribution < 1.29 is 4.79 Å². The van der Waals surface area contributed by atoms with Crippen LogP contribution in [0.2, 0.25) is 0 Å². The fourth-order valence-electron chi connectivity index (χ4n) is 2.99. The maximum Gasteiger partial charge on any atom is 0.254 e. The topological polar surface area (TPSA) is 70.7 Å². The maximum atomic E-state index is 12.3. The largest absolute Gasteiger partial charge is 0.358 e. The Morgan fingerprint density at radius 3 is 2.54 bits per heavy atom. The minimum absolute atomic E-state index is 0.163. The van der Waals surface area contributed by atoms with E-state index in [1.807, 2.05) is 0 Å². The minimum atomic E-state index is -0.163. The number of aromatic nitrogens is 3. The molecule has 0 saturated heterocycles.